The highest BCUT2D eigenvalue weighted by Crippen LogP contribution is 2.14. The maximum atomic E-state index is 12.8. The van der Waals surface area contributed by atoms with Gasteiger partial charge in [-0.2, -0.15) is 0 Å². The van der Waals surface area contributed by atoms with Gasteiger partial charge in [-0.25, -0.2) is 0 Å². The summed E-state index contributed by atoms with van der Waals surface area (Å²) in [5.74, 6) is -1.01. The molecule has 1 atom stereocenters. The van der Waals surface area contributed by atoms with E-state index in [-0.39, 0.29) is 31.6 Å². The Kier molecular flexibility index (Phi) is 61.9. The summed E-state index contributed by atoms with van der Waals surface area (Å²) < 4.78 is 16.8. The van der Waals surface area contributed by atoms with Gasteiger partial charge in [0.25, 0.3) is 0 Å². The van der Waals surface area contributed by atoms with E-state index in [2.05, 4.69) is 179 Å². The van der Waals surface area contributed by atoms with E-state index in [1.54, 1.807) is 0 Å². The Morgan fingerprint density at radius 2 is 0.512 bits per heavy atom. The maximum Gasteiger partial charge on any atom is 0.306 e. The highest BCUT2D eigenvalue weighted by atomic mass is 16.6. The minimum Gasteiger partial charge on any atom is -0.462 e. The van der Waals surface area contributed by atoms with Gasteiger partial charge in [-0.05, 0) is 122 Å². The Labute approximate surface area is 492 Å². The molecule has 0 aromatic carbocycles. The normalized spacial score (nSPS) is 13.3. The fourth-order valence-electron chi connectivity index (χ4n) is 8.25. The van der Waals surface area contributed by atoms with Crippen LogP contribution in [0.2, 0.25) is 0 Å². The Hall–Kier alpha value is -5.23. The molecular weight excluding hydrogens is 985 g/mol. The molecule has 0 radical (unpaired) electrons. The first kappa shape index (κ1) is 74.8. The van der Waals surface area contributed by atoms with Gasteiger partial charge in [-0.15, -0.1) is 0 Å². The molecule has 0 rings (SSSR count). The summed E-state index contributed by atoms with van der Waals surface area (Å²) in [6, 6.07) is 0. The summed E-state index contributed by atoms with van der Waals surface area (Å²) in [5, 5.41) is 0. The van der Waals surface area contributed by atoms with Crippen molar-refractivity contribution in [2.45, 2.75) is 264 Å². The third kappa shape index (κ3) is 63.6. The lowest BCUT2D eigenvalue weighted by Crippen LogP contribution is -2.30. The molecule has 0 aliphatic rings. The molecular formula is C74H116O6. The highest BCUT2D eigenvalue weighted by Gasteiger charge is 2.19. The Morgan fingerprint density at radius 1 is 0.263 bits per heavy atom. The van der Waals surface area contributed by atoms with Crippen molar-refractivity contribution in [3.8, 4) is 0 Å². The number of allylic oxidation sites excluding steroid dienone is 28. The van der Waals surface area contributed by atoms with Gasteiger partial charge in [0.1, 0.15) is 13.2 Å². The lowest BCUT2D eigenvalue weighted by Gasteiger charge is -2.18. The molecule has 0 aromatic heterocycles. The van der Waals surface area contributed by atoms with Crippen LogP contribution in [0, 0.1) is 0 Å². The summed E-state index contributed by atoms with van der Waals surface area (Å²) in [4.78, 5) is 38.1. The van der Waals surface area contributed by atoms with Gasteiger partial charge in [0.15, 0.2) is 6.10 Å². The molecule has 0 amide bonds. The average Bonchev–Trinajstić information content (AvgIpc) is 3.46. The largest absolute Gasteiger partial charge is 0.462 e. The summed E-state index contributed by atoms with van der Waals surface area (Å²) in [5.41, 5.74) is 0. The summed E-state index contributed by atoms with van der Waals surface area (Å²) in [6.45, 7) is 6.30. The molecule has 1 unspecified atom stereocenters. The van der Waals surface area contributed by atoms with Crippen LogP contribution in [-0.4, -0.2) is 37.2 Å². The Morgan fingerprint density at radius 3 is 0.812 bits per heavy atom. The molecule has 6 heteroatoms. The Balaban J connectivity index is 4.24. The molecule has 0 aliphatic heterocycles. The van der Waals surface area contributed by atoms with E-state index >= 15 is 0 Å². The van der Waals surface area contributed by atoms with E-state index in [0.29, 0.717) is 19.3 Å². The zero-order chi connectivity index (χ0) is 57.8. The second kappa shape index (κ2) is 66.3. The van der Waals surface area contributed by atoms with Crippen molar-refractivity contribution in [1.82, 2.24) is 0 Å². The van der Waals surface area contributed by atoms with Gasteiger partial charge in [0.2, 0.25) is 0 Å². The van der Waals surface area contributed by atoms with E-state index in [1.165, 1.54) is 77.0 Å². The van der Waals surface area contributed by atoms with Crippen molar-refractivity contribution in [2.24, 2.45) is 0 Å². The highest BCUT2D eigenvalue weighted by molar-refractivity contribution is 5.71. The summed E-state index contributed by atoms with van der Waals surface area (Å²) in [6.07, 6.45) is 98.2. The van der Waals surface area contributed by atoms with Crippen LogP contribution >= 0.6 is 0 Å². The minimum atomic E-state index is -0.825. The number of ether oxygens (including phenoxy) is 3. The Bertz CT molecular complexity index is 1840. The van der Waals surface area contributed by atoms with Gasteiger partial charge in [-0.3, -0.25) is 14.4 Å². The second-order valence-electron chi connectivity index (χ2n) is 20.6. The van der Waals surface area contributed by atoms with Gasteiger partial charge in [0.05, 0.1) is 0 Å². The van der Waals surface area contributed by atoms with Gasteiger partial charge in [0, 0.05) is 19.3 Å². The summed E-state index contributed by atoms with van der Waals surface area (Å²) >= 11 is 0. The fraction of sp³-hybridized carbons (Fsp3) is 0.581. The lowest BCUT2D eigenvalue weighted by atomic mass is 10.1. The molecule has 0 aromatic rings. The minimum absolute atomic E-state index is 0.114. The van der Waals surface area contributed by atoms with Crippen LogP contribution in [0.15, 0.2) is 170 Å². The SMILES string of the molecule is CC/C=C\C/C=C\C/C=C\C/C=C\C/C=C\C/C=C\C/C=C\C/C=C\CCCCCCCCCCCCC(=O)OCC(COC(=O)CCCCCCCCCC)OC(=O)CC/C=C\C/C=C\C/C=C\C/C=C\C/C=C\C/C=C\CC. The van der Waals surface area contributed by atoms with E-state index < -0.39 is 12.1 Å². The quantitative estimate of drug-likeness (QED) is 0.0261. The molecule has 448 valence electrons. The summed E-state index contributed by atoms with van der Waals surface area (Å²) in [7, 11) is 0. The molecule has 0 bridgehead atoms. The van der Waals surface area contributed by atoms with Crippen molar-refractivity contribution in [3.05, 3.63) is 170 Å². The fourth-order valence-corrected chi connectivity index (χ4v) is 8.25. The van der Waals surface area contributed by atoms with Crippen LogP contribution < -0.4 is 0 Å². The van der Waals surface area contributed by atoms with Crippen molar-refractivity contribution in [2.75, 3.05) is 13.2 Å². The molecule has 0 spiro atoms. The number of esters is 3. The third-order valence-electron chi connectivity index (χ3n) is 13.0. The van der Waals surface area contributed by atoms with Crippen LogP contribution in [0.1, 0.15) is 258 Å². The van der Waals surface area contributed by atoms with Crippen molar-refractivity contribution in [1.29, 1.82) is 0 Å². The van der Waals surface area contributed by atoms with Crippen molar-refractivity contribution in [3.63, 3.8) is 0 Å². The smallest absolute Gasteiger partial charge is 0.306 e. The molecule has 0 saturated carbocycles. The van der Waals surface area contributed by atoms with E-state index in [0.717, 1.165) is 135 Å². The molecule has 80 heavy (non-hydrogen) atoms. The zero-order valence-corrected chi connectivity index (χ0v) is 51.3. The predicted molar refractivity (Wildman–Crippen MR) is 348 cm³/mol. The van der Waals surface area contributed by atoms with Gasteiger partial charge < -0.3 is 14.2 Å². The number of hydrogen-bond acceptors (Lipinski definition) is 6. The third-order valence-corrected chi connectivity index (χ3v) is 13.0. The lowest BCUT2D eigenvalue weighted by molar-refractivity contribution is -0.166. The van der Waals surface area contributed by atoms with Crippen LogP contribution in [0.25, 0.3) is 0 Å². The first-order chi connectivity index (χ1) is 39.5. The first-order valence-corrected chi connectivity index (χ1v) is 32.1. The maximum absolute atomic E-state index is 12.8. The van der Waals surface area contributed by atoms with Crippen LogP contribution in [0.4, 0.5) is 0 Å². The van der Waals surface area contributed by atoms with Crippen molar-refractivity contribution < 1.29 is 28.6 Å². The molecule has 0 fully saturated rings. The van der Waals surface area contributed by atoms with E-state index in [1.807, 2.05) is 12.2 Å². The average molecular weight is 1100 g/mol. The van der Waals surface area contributed by atoms with Crippen LogP contribution in [-0.2, 0) is 28.6 Å². The number of carbonyl (C=O) groups is 3. The number of carbonyl (C=O) groups excluding carboxylic acids is 3. The predicted octanol–water partition coefficient (Wildman–Crippen LogP) is 22.3. The molecule has 0 heterocycles. The van der Waals surface area contributed by atoms with Gasteiger partial charge >= 0.3 is 17.9 Å². The number of rotatable bonds is 56. The molecule has 0 aliphatic carbocycles. The van der Waals surface area contributed by atoms with E-state index in [9.17, 15) is 14.4 Å². The molecule has 0 saturated heterocycles. The molecule has 6 nitrogen and oxygen atoms in total. The van der Waals surface area contributed by atoms with Crippen molar-refractivity contribution >= 4 is 17.9 Å². The van der Waals surface area contributed by atoms with Crippen LogP contribution in [0.5, 0.6) is 0 Å². The number of hydrogen-bond donors (Lipinski definition) is 0. The first-order valence-electron chi connectivity index (χ1n) is 32.1. The second-order valence-corrected chi connectivity index (χ2v) is 20.6. The number of unbranched alkanes of at least 4 members (excludes halogenated alkanes) is 17. The van der Waals surface area contributed by atoms with E-state index in [4.69, 9.17) is 14.2 Å². The standard InChI is InChI=1S/C74H116O6/c1-4-7-10-13-16-19-21-23-25-27-29-30-31-32-33-34-35-36-37-38-39-40-41-42-43-44-46-47-49-51-53-55-58-61-64-67-73(76)79-70-71(69-78-72(75)66-63-60-57-18-15-12-9-6-3)80-74(77)68-65-62-59-56-54-52-50-48-45-28-26-24-22-20-17-14-11-8-5-2/h7-8,10-11,16-17,19-20,23-26,29-30,32-33,35-36,38-39,41-42,45,48,52,54,59,62,71H,4-6,9,12-15,18,21-22,27-28,31,34,37,40,43-44,46-47,49-51,53,55-58,60-61,63-70H2,1-3H3/b10-7-,11-8-,19-16-,20-17-,25-23-,26-24-,30-29-,33-32-,36-35-,39-38-,42-41-,48-45-,54-52-,62-59-. The van der Waals surface area contributed by atoms with Crippen LogP contribution in [0.3, 0.4) is 0 Å². The zero-order valence-electron chi connectivity index (χ0n) is 51.3. The topological polar surface area (TPSA) is 78.9 Å². The monoisotopic (exact) mass is 1100 g/mol. The molecule has 0 N–H and O–H groups in total. The van der Waals surface area contributed by atoms with Gasteiger partial charge in [-0.1, -0.05) is 287 Å².